The first-order chi connectivity index (χ1) is 4.85. The van der Waals surface area contributed by atoms with Crippen LogP contribution in [0.25, 0.3) is 0 Å². The fourth-order valence-electron chi connectivity index (χ4n) is 0.682. The molecule has 0 bridgehead atoms. The molecule has 0 fully saturated rings. The topological polar surface area (TPSA) is 72.7 Å². The Kier molecular flexibility index (Phi) is 6.84. The van der Waals surface area contributed by atoms with Crippen LogP contribution < -0.4 is 5.32 Å². The van der Waals surface area contributed by atoms with Crippen molar-refractivity contribution in [2.45, 2.75) is 12.5 Å². The van der Waals surface area contributed by atoms with E-state index in [0.717, 1.165) is 0 Å². The summed E-state index contributed by atoms with van der Waals surface area (Å²) >= 11 is 0. The molecule has 0 radical (unpaired) electrons. The van der Waals surface area contributed by atoms with Gasteiger partial charge in [0, 0.05) is 19.2 Å². The van der Waals surface area contributed by atoms with Crippen molar-refractivity contribution in [2.24, 2.45) is 0 Å². The van der Waals surface area contributed by atoms with Crippen LogP contribution in [0.1, 0.15) is 6.42 Å². The van der Waals surface area contributed by atoms with E-state index in [-0.39, 0.29) is 25.9 Å². The number of hydrogen-bond donors (Lipinski definition) is 4. The molecule has 4 nitrogen and oxygen atoms in total. The van der Waals surface area contributed by atoms with Gasteiger partial charge in [0.05, 0.1) is 13.2 Å². The Morgan fingerprint density at radius 2 is 1.80 bits per heavy atom. The number of aliphatic hydroxyl groups excluding tert-OH is 3. The molecule has 0 amide bonds. The molecule has 0 spiro atoms. The highest BCUT2D eigenvalue weighted by Gasteiger charge is 2.03. The summed E-state index contributed by atoms with van der Waals surface area (Å²) in [5.74, 6) is 0. The fourth-order valence-corrected chi connectivity index (χ4v) is 0.682. The first-order valence-electron chi connectivity index (χ1n) is 3.41. The van der Waals surface area contributed by atoms with Gasteiger partial charge in [0.25, 0.3) is 0 Å². The highest BCUT2D eigenvalue weighted by atomic mass is 16.3. The van der Waals surface area contributed by atoms with Crippen molar-refractivity contribution in [1.82, 2.24) is 5.32 Å². The quantitative estimate of drug-likeness (QED) is 0.364. The molecule has 0 aromatic heterocycles. The zero-order chi connectivity index (χ0) is 7.82. The lowest BCUT2D eigenvalue weighted by atomic mass is 10.2. The van der Waals surface area contributed by atoms with Crippen molar-refractivity contribution in [3.63, 3.8) is 0 Å². The van der Waals surface area contributed by atoms with Gasteiger partial charge in [-0.15, -0.1) is 0 Å². The number of aliphatic hydroxyl groups is 3. The minimum absolute atomic E-state index is 0.000556. The van der Waals surface area contributed by atoms with Gasteiger partial charge in [-0.3, -0.25) is 0 Å². The van der Waals surface area contributed by atoms with Gasteiger partial charge in [-0.2, -0.15) is 0 Å². The van der Waals surface area contributed by atoms with Gasteiger partial charge in [-0.25, -0.2) is 0 Å². The van der Waals surface area contributed by atoms with E-state index < -0.39 is 0 Å². The molecular weight excluding hydrogens is 134 g/mol. The van der Waals surface area contributed by atoms with Crippen LogP contribution in [0.15, 0.2) is 0 Å². The van der Waals surface area contributed by atoms with Gasteiger partial charge in [0.15, 0.2) is 0 Å². The lowest BCUT2D eigenvalue weighted by molar-refractivity contribution is 0.191. The van der Waals surface area contributed by atoms with Crippen LogP contribution in [-0.4, -0.2) is 47.7 Å². The first-order valence-corrected chi connectivity index (χ1v) is 3.41. The van der Waals surface area contributed by atoms with Gasteiger partial charge in [-0.05, 0) is 6.42 Å². The van der Waals surface area contributed by atoms with Crippen LogP contribution in [0.2, 0.25) is 0 Å². The Hall–Kier alpha value is -0.160. The van der Waals surface area contributed by atoms with E-state index in [2.05, 4.69) is 5.32 Å². The molecule has 1 atom stereocenters. The normalized spacial score (nSPS) is 13.5. The third-order valence-corrected chi connectivity index (χ3v) is 1.24. The third-order valence-electron chi connectivity index (χ3n) is 1.24. The van der Waals surface area contributed by atoms with Gasteiger partial charge >= 0.3 is 0 Å². The molecule has 0 heterocycles. The SMILES string of the molecule is OCCNC(CO)CCO. The second-order valence-corrected chi connectivity index (χ2v) is 2.07. The van der Waals surface area contributed by atoms with Crippen molar-refractivity contribution in [1.29, 1.82) is 0 Å². The Morgan fingerprint density at radius 3 is 2.20 bits per heavy atom. The largest absolute Gasteiger partial charge is 0.396 e. The molecule has 0 saturated heterocycles. The zero-order valence-corrected chi connectivity index (χ0v) is 5.95. The maximum Gasteiger partial charge on any atom is 0.0585 e. The molecule has 0 aliphatic rings. The van der Waals surface area contributed by atoms with E-state index in [1.807, 2.05) is 0 Å². The van der Waals surface area contributed by atoms with E-state index in [9.17, 15) is 0 Å². The molecule has 1 unspecified atom stereocenters. The monoisotopic (exact) mass is 149 g/mol. The lowest BCUT2D eigenvalue weighted by Crippen LogP contribution is -2.35. The second kappa shape index (κ2) is 6.95. The molecular formula is C6H15NO3. The predicted molar refractivity (Wildman–Crippen MR) is 37.7 cm³/mol. The summed E-state index contributed by atoms with van der Waals surface area (Å²) in [6, 6.07) is -0.0860. The molecule has 0 aromatic rings. The summed E-state index contributed by atoms with van der Waals surface area (Å²) in [7, 11) is 0. The minimum atomic E-state index is -0.0860. The average Bonchev–Trinajstić information content (AvgIpc) is 1.98. The first kappa shape index (κ1) is 9.84. The lowest BCUT2D eigenvalue weighted by Gasteiger charge is -2.12. The van der Waals surface area contributed by atoms with Crippen LogP contribution >= 0.6 is 0 Å². The van der Waals surface area contributed by atoms with Crippen LogP contribution in [0, 0.1) is 0 Å². The van der Waals surface area contributed by atoms with E-state index >= 15 is 0 Å². The molecule has 0 saturated carbocycles. The summed E-state index contributed by atoms with van der Waals surface area (Å²) in [5.41, 5.74) is 0. The second-order valence-electron chi connectivity index (χ2n) is 2.07. The van der Waals surface area contributed by atoms with Crippen molar-refractivity contribution >= 4 is 0 Å². The van der Waals surface area contributed by atoms with Gasteiger partial charge in [0.1, 0.15) is 0 Å². The Labute approximate surface area is 60.5 Å². The van der Waals surface area contributed by atoms with Gasteiger partial charge in [-0.1, -0.05) is 0 Å². The zero-order valence-electron chi connectivity index (χ0n) is 5.95. The summed E-state index contributed by atoms with van der Waals surface area (Å²) in [6.07, 6.45) is 0.524. The number of nitrogens with one attached hydrogen (secondary N) is 1. The Bertz CT molecular complexity index is 70.0. The Morgan fingerprint density at radius 1 is 1.10 bits per heavy atom. The molecule has 4 heteroatoms. The maximum atomic E-state index is 8.63. The standard InChI is InChI=1S/C6H15NO3/c8-3-1-6(5-10)7-2-4-9/h6-10H,1-5H2. The van der Waals surface area contributed by atoms with E-state index in [1.165, 1.54) is 0 Å². The highest BCUT2D eigenvalue weighted by Crippen LogP contribution is 1.87. The van der Waals surface area contributed by atoms with Crippen LogP contribution in [0.3, 0.4) is 0 Å². The number of rotatable bonds is 6. The molecule has 0 aliphatic carbocycles. The molecule has 0 aromatic carbocycles. The summed E-state index contributed by atoms with van der Waals surface area (Å²) in [5, 5.41) is 28.3. The minimum Gasteiger partial charge on any atom is -0.396 e. The van der Waals surface area contributed by atoms with Gasteiger partial charge < -0.3 is 20.6 Å². The van der Waals surface area contributed by atoms with Gasteiger partial charge in [0.2, 0.25) is 0 Å². The average molecular weight is 149 g/mol. The smallest absolute Gasteiger partial charge is 0.0585 e. The van der Waals surface area contributed by atoms with E-state index in [0.29, 0.717) is 13.0 Å². The van der Waals surface area contributed by atoms with Crippen molar-refractivity contribution in [3.8, 4) is 0 Å². The summed E-state index contributed by atoms with van der Waals surface area (Å²) < 4.78 is 0. The maximum absolute atomic E-state index is 8.63. The van der Waals surface area contributed by atoms with E-state index in [4.69, 9.17) is 15.3 Å². The Balaban J connectivity index is 3.21. The fraction of sp³-hybridized carbons (Fsp3) is 1.00. The molecule has 62 valence electrons. The molecule has 0 rings (SSSR count). The van der Waals surface area contributed by atoms with Crippen molar-refractivity contribution in [3.05, 3.63) is 0 Å². The third kappa shape index (κ3) is 4.69. The predicted octanol–water partition coefficient (Wildman–Crippen LogP) is -1.69. The number of hydrogen-bond acceptors (Lipinski definition) is 4. The van der Waals surface area contributed by atoms with Crippen LogP contribution in [0.4, 0.5) is 0 Å². The van der Waals surface area contributed by atoms with Crippen molar-refractivity contribution in [2.75, 3.05) is 26.4 Å². The van der Waals surface area contributed by atoms with Crippen LogP contribution in [-0.2, 0) is 0 Å². The summed E-state index contributed by atoms with van der Waals surface area (Å²) in [6.45, 7) is 0.581. The summed E-state index contributed by atoms with van der Waals surface area (Å²) in [4.78, 5) is 0. The highest BCUT2D eigenvalue weighted by molar-refractivity contribution is 4.63. The van der Waals surface area contributed by atoms with Crippen LogP contribution in [0.5, 0.6) is 0 Å². The van der Waals surface area contributed by atoms with E-state index in [1.54, 1.807) is 0 Å². The molecule has 4 N–H and O–H groups in total. The van der Waals surface area contributed by atoms with Crippen molar-refractivity contribution < 1.29 is 15.3 Å². The molecule has 0 aliphatic heterocycles. The molecule has 10 heavy (non-hydrogen) atoms.